The summed E-state index contributed by atoms with van der Waals surface area (Å²) in [5, 5.41) is 3.05. The van der Waals surface area contributed by atoms with Crippen molar-refractivity contribution in [2.75, 3.05) is 18.8 Å². The van der Waals surface area contributed by atoms with E-state index >= 15 is 0 Å². The Balaban J connectivity index is 3.23. The Morgan fingerprint density at radius 2 is 2.00 bits per heavy atom. The fraction of sp³-hybridized carbons (Fsp3) is 1.00. The molecule has 5 heteroatoms. The van der Waals surface area contributed by atoms with Crippen molar-refractivity contribution < 1.29 is 13.0 Å². The predicted octanol–water partition coefficient (Wildman–Crippen LogP) is 0.167. The van der Waals surface area contributed by atoms with Gasteiger partial charge in [0.05, 0.1) is 10.1 Å². The quantitative estimate of drug-likeness (QED) is 0.483. The molecular formula is C7H16NO3S-. The van der Waals surface area contributed by atoms with E-state index in [0.717, 1.165) is 6.54 Å². The van der Waals surface area contributed by atoms with Gasteiger partial charge in [-0.3, -0.25) is 0 Å². The maximum atomic E-state index is 10.1. The molecule has 1 N–H and O–H groups in total. The van der Waals surface area contributed by atoms with Crippen LogP contribution in [0.4, 0.5) is 0 Å². The molecule has 0 aliphatic heterocycles. The first kappa shape index (κ1) is 11.9. The molecule has 0 heterocycles. The van der Waals surface area contributed by atoms with Crippen molar-refractivity contribution in [2.45, 2.75) is 20.3 Å². The Hall–Kier alpha value is -0.130. The fourth-order valence-electron chi connectivity index (χ4n) is 0.765. The summed E-state index contributed by atoms with van der Waals surface area (Å²) in [5.41, 5.74) is 0. The van der Waals surface area contributed by atoms with E-state index in [2.05, 4.69) is 19.2 Å². The first-order chi connectivity index (χ1) is 5.42. The largest absolute Gasteiger partial charge is 0.748 e. The molecule has 0 amide bonds. The highest BCUT2D eigenvalue weighted by atomic mass is 32.2. The normalized spacial score (nSPS) is 12.3. The van der Waals surface area contributed by atoms with Crippen LogP contribution in [0, 0.1) is 5.92 Å². The summed E-state index contributed by atoms with van der Waals surface area (Å²) in [4.78, 5) is 0. The van der Waals surface area contributed by atoms with Gasteiger partial charge >= 0.3 is 0 Å². The molecule has 0 radical (unpaired) electrons. The topological polar surface area (TPSA) is 69.2 Å². The first-order valence-corrected chi connectivity index (χ1v) is 5.64. The molecule has 12 heavy (non-hydrogen) atoms. The summed E-state index contributed by atoms with van der Waals surface area (Å²) in [6.07, 6.45) is 0.401. The van der Waals surface area contributed by atoms with Crippen LogP contribution in [0.3, 0.4) is 0 Å². The van der Waals surface area contributed by atoms with E-state index in [1.807, 2.05) is 0 Å². The number of nitrogens with one attached hydrogen (secondary N) is 1. The van der Waals surface area contributed by atoms with Crippen molar-refractivity contribution in [3.05, 3.63) is 0 Å². The van der Waals surface area contributed by atoms with Crippen molar-refractivity contribution in [1.29, 1.82) is 0 Å². The van der Waals surface area contributed by atoms with E-state index in [-0.39, 0.29) is 5.75 Å². The summed E-state index contributed by atoms with van der Waals surface area (Å²) < 4.78 is 30.4. The molecule has 4 nitrogen and oxygen atoms in total. The van der Waals surface area contributed by atoms with Gasteiger partial charge in [0.1, 0.15) is 0 Å². The van der Waals surface area contributed by atoms with E-state index in [0.29, 0.717) is 18.9 Å². The molecule has 0 aromatic carbocycles. The van der Waals surface area contributed by atoms with Crippen LogP contribution in [0.15, 0.2) is 0 Å². The molecule has 0 bridgehead atoms. The Labute approximate surface area is 74.1 Å². The van der Waals surface area contributed by atoms with E-state index in [9.17, 15) is 13.0 Å². The van der Waals surface area contributed by atoms with Crippen LogP contribution in [0.25, 0.3) is 0 Å². The second-order valence-electron chi connectivity index (χ2n) is 3.21. The van der Waals surface area contributed by atoms with Gasteiger partial charge in [0.15, 0.2) is 0 Å². The Kier molecular flexibility index (Phi) is 5.44. The number of hydrogen-bond acceptors (Lipinski definition) is 4. The average Bonchev–Trinajstić information content (AvgIpc) is 1.83. The SMILES string of the molecule is CC(C)CNCCCS(=O)(=O)[O-]. The van der Waals surface area contributed by atoms with Gasteiger partial charge in [-0.05, 0) is 25.4 Å². The van der Waals surface area contributed by atoms with E-state index < -0.39 is 10.1 Å². The van der Waals surface area contributed by atoms with E-state index in [1.165, 1.54) is 0 Å². The van der Waals surface area contributed by atoms with Gasteiger partial charge in [0, 0.05) is 5.75 Å². The molecule has 0 saturated carbocycles. The molecule has 0 fully saturated rings. The maximum Gasteiger partial charge on any atom is 0.0946 e. The van der Waals surface area contributed by atoms with Crippen LogP contribution in [0.1, 0.15) is 20.3 Å². The second-order valence-corrected chi connectivity index (χ2v) is 4.74. The molecule has 0 saturated heterocycles. The fourth-order valence-corrected chi connectivity index (χ4v) is 1.26. The molecule has 74 valence electrons. The average molecular weight is 194 g/mol. The van der Waals surface area contributed by atoms with Crippen LogP contribution < -0.4 is 5.32 Å². The van der Waals surface area contributed by atoms with Gasteiger partial charge in [0.25, 0.3) is 0 Å². The predicted molar refractivity (Wildman–Crippen MR) is 46.9 cm³/mol. The standard InChI is InChI=1S/C7H17NO3S/c1-7(2)6-8-4-3-5-12(9,10)11/h7-8H,3-6H2,1-2H3,(H,9,10,11)/p-1. The molecular weight excluding hydrogens is 178 g/mol. The van der Waals surface area contributed by atoms with E-state index in [4.69, 9.17) is 0 Å². The lowest BCUT2D eigenvalue weighted by molar-refractivity contribution is 0.459. The minimum absolute atomic E-state index is 0.266. The summed E-state index contributed by atoms with van der Waals surface area (Å²) in [6.45, 7) is 5.59. The maximum absolute atomic E-state index is 10.1. The minimum atomic E-state index is -4.01. The molecule has 0 aromatic rings. The van der Waals surface area contributed by atoms with Crippen molar-refractivity contribution in [3.63, 3.8) is 0 Å². The zero-order valence-corrected chi connectivity index (χ0v) is 8.36. The smallest absolute Gasteiger partial charge is 0.0946 e. The molecule has 0 spiro atoms. The third kappa shape index (κ3) is 9.87. The second kappa shape index (κ2) is 5.50. The van der Waals surface area contributed by atoms with E-state index in [1.54, 1.807) is 0 Å². The van der Waals surface area contributed by atoms with Crippen molar-refractivity contribution in [1.82, 2.24) is 5.32 Å². The van der Waals surface area contributed by atoms with Crippen LogP contribution in [-0.4, -0.2) is 31.8 Å². The van der Waals surface area contributed by atoms with Gasteiger partial charge < -0.3 is 9.87 Å². The lowest BCUT2D eigenvalue weighted by atomic mass is 10.2. The molecule has 0 unspecified atom stereocenters. The Bertz CT molecular complexity index is 199. The molecule has 0 aromatic heterocycles. The van der Waals surface area contributed by atoms with Crippen LogP contribution in [0.2, 0.25) is 0 Å². The number of hydrogen-bond donors (Lipinski definition) is 1. The third-order valence-electron chi connectivity index (χ3n) is 1.30. The number of rotatable bonds is 6. The van der Waals surface area contributed by atoms with Gasteiger partial charge in [-0.1, -0.05) is 13.8 Å². The highest BCUT2D eigenvalue weighted by Crippen LogP contribution is 1.89. The van der Waals surface area contributed by atoms with Gasteiger partial charge in [0.2, 0.25) is 0 Å². The summed E-state index contributed by atoms with van der Waals surface area (Å²) in [7, 11) is -4.01. The Morgan fingerprint density at radius 1 is 1.42 bits per heavy atom. The zero-order chi connectivity index (χ0) is 9.61. The molecule has 0 aliphatic rings. The highest BCUT2D eigenvalue weighted by molar-refractivity contribution is 7.85. The molecule has 0 aliphatic carbocycles. The first-order valence-electron chi connectivity index (χ1n) is 4.06. The monoisotopic (exact) mass is 194 g/mol. The Morgan fingerprint density at radius 3 is 2.42 bits per heavy atom. The summed E-state index contributed by atoms with van der Waals surface area (Å²) in [5.74, 6) is 0.284. The van der Waals surface area contributed by atoms with Gasteiger partial charge in [-0.25, -0.2) is 8.42 Å². The van der Waals surface area contributed by atoms with Crippen LogP contribution in [0.5, 0.6) is 0 Å². The lowest BCUT2D eigenvalue weighted by Gasteiger charge is -2.08. The van der Waals surface area contributed by atoms with Crippen molar-refractivity contribution in [2.24, 2.45) is 5.92 Å². The zero-order valence-electron chi connectivity index (χ0n) is 7.54. The van der Waals surface area contributed by atoms with Crippen molar-refractivity contribution in [3.8, 4) is 0 Å². The summed E-state index contributed by atoms with van der Waals surface area (Å²) >= 11 is 0. The third-order valence-corrected chi connectivity index (χ3v) is 2.09. The lowest BCUT2D eigenvalue weighted by Crippen LogP contribution is -2.22. The summed E-state index contributed by atoms with van der Waals surface area (Å²) in [6, 6.07) is 0. The van der Waals surface area contributed by atoms with Gasteiger partial charge in [-0.2, -0.15) is 0 Å². The molecule has 0 atom stereocenters. The van der Waals surface area contributed by atoms with Crippen molar-refractivity contribution >= 4 is 10.1 Å². The van der Waals surface area contributed by atoms with Crippen LogP contribution >= 0.6 is 0 Å². The van der Waals surface area contributed by atoms with Crippen LogP contribution in [-0.2, 0) is 10.1 Å². The van der Waals surface area contributed by atoms with Gasteiger partial charge in [-0.15, -0.1) is 0 Å². The molecule has 0 rings (SSSR count). The highest BCUT2D eigenvalue weighted by Gasteiger charge is 1.95. The minimum Gasteiger partial charge on any atom is -0.748 e.